The van der Waals surface area contributed by atoms with Crippen LogP contribution in [0.2, 0.25) is 0 Å². The van der Waals surface area contributed by atoms with Crippen molar-refractivity contribution in [2.75, 3.05) is 12.0 Å². The highest BCUT2D eigenvalue weighted by molar-refractivity contribution is 6.21. The van der Waals surface area contributed by atoms with Crippen LogP contribution in [0.25, 0.3) is 16.7 Å². The van der Waals surface area contributed by atoms with E-state index < -0.39 is 0 Å². The van der Waals surface area contributed by atoms with Gasteiger partial charge in [0.05, 0.1) is 18.4 Å². The van der Waals surface area contributed by atoms with Gasteiger partial charge in [0.25, 0.3) is 0 Å². The first kappa shape index (κ1) is 27.5. The van der Waals surface area contributed by atoms with Crippen molar-refractivity contribution in [2.24, 2.45) is 0 Å². The maximum atomic E-state index is 12.8. The largest absolute Gasteiger partial charge is 0.501 e. The molecule has 4 aromatic carbocycles. The van der Waals surface area contributed by atoms with Crippen molar-refractivity contribution in [3.8, 4) is 11.1 Å². The van der Waals surface area contributed by atoms with Crippen molar-refractivity contribution in [1.29, 1.82) is 0 Å². The number of ketones is 1. The first-order valence-electron chi connectivity index (χ1n) is 14.0. The van der Waals surface area contributed by atoms with Crippen LogP contribution < -0.4 is 4.90 Å². The lowest BCUT2D eigenvalue weighted by molar-refractivity contribution is -0.111. The van der Waals surface area contributed by atoms with Gasteiger partial charge in [-0.15, -0.1) is 0 Å². The number of allylic oxidation sites excluding steroid dienone is 2. The van der Waals surface area contributed by atoms with Gasteiger partial charge in [0, 0.05) is 16.8 Å². The minimum atomic E-state index is -0.0943. The lowest BCUT2D eigenvalue weighted by atomic mass is 9.82. The molecule has 1 aliphatic carbocycles. The van der Waals surface area contributed by atoms with E-state index in [-0.39, 0.29) is 11.2 Å². The van der Waals surface area contributed by atoms with Crippen molar-refractivity contribution in [3.63, 3.8) is 0 Å². The van der Waals surface area contributed by atoms with Crippen LogP contribution >= 0.6 is 0 Å². The highest BCUT2D eigenvalue weighted by Gasteiger charge is 2.36. The summed E-state index contributed by atoms with van der Waals surface area (Å²) < 4.78 is 5.57. The van der Waals surface area contributed by atoms with Gasteiger partial charge < -0.3 is 9.64 Å². The summed E-state index contributed by atoms with van der Waals surface area (Å²) in [5.74, 6) is 0.656. The van der Waals surface area contributed by atoms with Gasteiger partial charge in [0.15, 0.2) is 5.78 Å². The molecule has 0 aliphatic heterocycles. The molecule has 4 aromatic rings. The van der Waals surface area contributed by atoms with Gasteiger partial charge >= 0.3 is 0 Å². The molecular weight excluding hydrogens is 490 g/mol. The molecule has 3 nitrogen and oxygen atoms in total. The summed E-state index contributed by atoms with van der Waals surface area (Å²) in [7, 11) is 1.63. The number of methoxy groups -OCH3 is 1. The molecule has 5 rings (SSSR count). The Morgan fingerprint density at radius 3 is 1.88 bits per heavy atom. The molecule has 0 fully saturated rings. The van der Waals surface area contributed by atoms with E-state index in [2.05, 4.69) is 119 Å². The van der Waals surface area contributed by atoms with Crippen molar-refractivity contribution in [1.82, 2.24) is 0 Å². The van der Waals surface area contributed by atoms with Crippen LogP contribution in [0.1, 0.15) is 66.6 Å². The molecule has 0 spiro atoms. The molecule has 1 aliphatic rings. The van der Waals surface area contributed by atoms with Crippen molar-refractivity contribution in [2.45, 2.75) is 60.8 Å². The SMILES string of the molecule is CO/C(C)=C(\C(C)=O)c1c(C)c(C)c(N(c2ccccc2)c2ccc3c(c2)C(C)(C)c2ccccc2-3)c(C)c1C. The number of ether oxygens (including phenoxy) is 1. The van der Waals surface area contributed by atoms with Gasteiger partial charge in [-0.25, -0.2) is 0 Å². The fourth-order valence-electron chi connectivity index (χ4n) is 6.52. The average Bonchev–Trinajstić information content (AvgIpc) is 3.18. The van der Waals surface area contributed by atoms with E-state index in [0.29, 0.717) is 11.3 Å². The van der Waals surface area contributed by atoms with Crippen molar-refractivity contribution >= 4 is 28.4 Å². The van der Waals surface area contributed by atoms with Crippen molar-refractivity contribution < 1.29 is 9.53 Å². The number of hydrogen-bond donors (Lipinski definition) is 0. The third kappa shape index (κ3) is 4.16. The summed E-state index contributed by atoms with van der Waals surface area (Å²) in [6.07, 6.45) is 0. The van der Waals surface area contributed by atoms with Crippen LogP contribution in [0, 0.1) is 27.7 Å². The van der Waals surface area contributed by atoms with Crippen LogP contribution in [-0.4, -0.2) is 12.9 Å². The van der Waals surface area contributed by atoms with E-state index in [1.165, 1.54) is 22.3 Å². The molecular formula is C37H39NO2. The summed E-state index contributed by atoms with van der Waals surface area (Å²) in [4.78, 5) is 15.2. The topological polar surface area (TPSA) is 29.5 Å². The second-order valence-electron chi connectivity index (χ2n) is 11.5. The maximum absolute atomic E-state index is 12.8. The number of rotatable bonds is 6. The second kappa shape index (κ2) is 10.1. The van der Waals surface area contributed by atoms with E-state index in [0.717, 1.165) is 44.9 Å². The molecule has 0 atom stereocenters. The Balaban J connectivity index is 1.79. The van der Waals surface area contributed by atoms with Crippen LogP contribution in [0.15, 0.2) is 78.6 Å². The van der Waals surface area contributed by atoms with E-state index in [9.17, 15) is 4.79 Å². The van der Waals surface area contributed by atoms with Crippen LogP contribution in [0.4, 0.5) is 17.1 Å². The Morgan fingerprint density at radius 1 is 0.700 bits per heavy atom. The fraction of sp³-hybridized carbons (Fsp3) is 0.270. The normalized spacial score (nSPS) is 13.8. The van der Waals surface area contributed by atoms with Gasteiger partial charge in [-0.1, -0.05) is 62.4 Å². The Morgan fingerprint density at radius 2 is 1.27 bits per heavy atom. The zero-order valence-corrected chi connectivity index (χ0v) is 25.2. The number of carbonyl (C=O) groups is 1. The Labute approximate surface area is 239 Å². The molecule has 0 saturated heterocycles. The number of hydrogen-bond acceptors (Lipinski definition) is 3. The van der Waals surface area contributed by atoms with Gasteiger partial charge in [-0.05, 0) is 116 Å². The molecule has 0 amide bonds. The zero-order valence-electron chi connectivity index (χ0n) is 25.2. The summed E-state index contributed by atoms with van der Waals surface area (Å²) in [6, 6.07) is 26.2. The van der Waals surface area contributed by atoms with Gasteiger partial charge in [0.2, 0.25) is 0 Å². The smallest absolute Gasteiger partial charge is 0.163 e. The maximum Gasteiger partial charge on any atom is 0.163 e. The monoisotopic (exact) mass is 529 g/mol. The standard InChI is InChI=1S/C37H39NO2/c1-22-24(3)36(25(4)23(2)34(22)35(26(5)39)27(6)40-9)38(28-15-11-10-12-16-28)29-19-20-31-30-17-13-14-18-32(30)37(7,8)33(31)21-29/h10-21H,1-9H3/b35-27+. The molecule has 204 valence electrons. The zero-order chi connectivity index (χ0) is 28.9. The second-order valence-corrected chi connectivity index (χ2v) is 11.5. The minimum absolute atomic E-state index is 0.0115. The fourth-order valence-corrected chi connectivity index (χ4v) is 6.52. The minimum Gasteiger partial charge on any atom is -0.501 e. The number of nitrogens with zero attached hydrogens (tertiary/aromatic N) is 1. The quantitative estimate of drug-likeness (QED) is 0.184. The van der Waals surface area contributed by atoms with Crippen molar-refractivity contribution in [3.05, 3.63) is 117 Å². The Hall–Kier alpha value is -4.11. The summed E-state index contributed by atoms with van der Waals surface area (Å²) in [6.45, 7) is 16.7. The molecule has 0 bridgehead atoms. The van der Waals surface area contributed by atoms with E-state index in [1.807, 2.05) is 6.92 Å². The summed E-state index contributed by atoms with van der Waals surface area (Å²) >= 11 is 0. The molecule has 0 saturated carbocycles. The first-order chi connectivity index (χ1) is 19.0. The molecule has 0 aromatic heterocycles. The Kier molecular flexibility index (Phi) is 6.95. The van der Waals surface area contributed by atoms with E-state index in [4.69, 9.17) is 4.74 Å². The predicted octanol–water partition coefficient (Wildman–Crippen LogP) is 9.66. The lowest BCUT2D eigenvalue weighted by Gasteiger charge is -2.33. The van der Waals surface area contributed by atoms with Crippen LogP contribution in [0.3, 0.4) is 0 Å². The average molecular weight is 530 g/mol. The highest BCUT2D eigenvalue weighted by atomic mass is 16.5. The van der Waals surface area contributed by atoms with E-state index >= 15 is 0 Å². The summed E-state index contributed by atoms with van der Waals surface area (Å²) in [5, 5.41) is 0. The molecule has 0 radical (unpaired) electrons. The van der Waals surface area contributed by atoms with Crippen LogP contribution in [0.5, 0.6) is 0 Å². The Bertz CT molecular complexity index is 1650. The van der Waals surface area contributed by atoms with Gasteiger partial charge in [-0.3, -0.25) is 4.79 Å². The number of Topliss-reactive ketones (excluding diaryl/α,β-unsaturated/α-hetero) is 1. The van der Waals surface area contributed by atoms with Gasteiger partial charge in [0.1, 0.15) is 5.76 Å². The molecule has 0 unspecified atom stereocenters. The number of fused-ring (bicyclic) bond motifs is 3. The summed E-state index contributed by atoms with van der Waals surface area (Å²) in [5.41, 5.74) is 14.7. The lowest BCUT2D eigenvalue weighted by Crippen LogP contribution is -2.18. The number of anilines is 3. The molecule has 3 heteroatoms. The number of para-hydroxylation sites is 1. The number of carbonyl (C=O) groups excluding carboxylic acids is 1. The third-order valence-electron chi connectivity index (χ3n) is 8.91. The first-order valence-corrected chi connectivity index (χ1v) is 14.0. The molecule has 0 N–H and O–H groups in total. The van der Waals surface area contributed by atoms with E-state index in [1.54, 1.807) is 14.0 Å². The third-order valence-corrected chi connectivity index (χ3v) is 8.91. The molecule has 40 heavy (non-hydrogen) atoms. The molecule has 0 heterocycles. The number of benzene rings is 4. The predicted molar refractivity (Wildman–Crippen MR) is 168 cm³/mol. The van der Waals surface area contributed by atoms with Crippen LogP contribution in [-0.2, 0) is 14.9 Å². The highest BCUT2D eigenvalue weighted by Crippen LogP contribution is 2.51. The van der Waals surface area contributed by atoms with Gasteiger partial charge in [-0.2, -0.15) is 0 Å².